The highest BCUT2D eigenvalue weighted by molar-refractivity contribution is 9.10. The Morgan fingerprint density at radius 3 is 2.71 bits per heavy atom. The maximum absolute atomic E-state index is 11.7. The van der Waals surface area contributed by atoms with Crippen LogP contribution in [-0.4, -0.2) is 23.7 Å². The number of urea groups is 1. The molecule has 0 radical (unpaired) electrons. The normalized spacial score (nSPS) is 9.71. The zero-order valence-electron chi connectivity index (χ0n) is 11.4. The molecule has 0 fully saturated rings. The van der Waals surface area contributed by atoms with Crippen LogP contribution in [0.4, 0.5) is 10.5 Å². The predicted octanol–water partition coefficient (Wildman–Crippen LogP) is 3.09. The average Bonchev–Trinajstić information content (AvgIpc) is 2.44. The Morgan fingerprint density at radius 2 is 2.05 bits per heavy atom. The molecule has 112 valence electrons. The minimum Gasteiger partial charge on any atom is -0.481 e. The Morgan fingerprint density at radius 1 is 1.29 bits per heavy atom. The van der Waals surface area contributed by atoms with E-state index in [4.69, 9.17) is 10.4 Å². The first-order chi connectivity index (χ1) is 10.0. The lowest BCUT2D eigenvalue weighted by Gasteiger charge is -2.09. The molecule has 1 aromatic carbocycles. The van der Waals surface area contributed by atoms with Crippen LogP contribution >= 0.6 is 15.9 Å². The number of carbonyl (C=O) groups is 2. The smallest absolute Gasteiger partial charge is 0.319 e. The number of amides is 2. The number of nitriles is 1. The summed E-state index contributed by atoms with van der Waals surface area (Å²) in [5, 5.41) is 22.7. The molecule has 0 aliphatic carbocycles. The number of carboxylic acid groups (broad SMARTS) is 1. The second-order valence-corrected chi connectivity index (χ2v) is 5.30. The molecule has 1 rings (SSSR count). The van der Waals surface area contributed by atoms with Crippen LogP contribution in [0.25, 0.3) is 0 Å². The van der Waals surface area contributed by atoms with Gasteiger partial charge in [-0.25, -0.2) is 4.79 Å². The molecule has 0 saturated carbocycles. The average molecular weight is 354 g/mol. The zero-order chi connectivity index (χ0) is 15.7. The van der Waals surface area contributed by atoms with E-state index in [0.717, 1.165) is 10.9 Å². The molecule has 0 saturated heterocycles. The Bertz CT molecular complexity index is 555. The van der Waals surface area contributed by atoms with Crippen molar-refractivity contribution in [1.29, 1.82) is 5.26 Å². The highest BCUT2D eigenvalue weighted by Gasteiger charge is 2.06. The van der Waals surface area contributed by atoms with Crippen molar-refractivity contribution >= 4 is 33.6 Å². The van der Waals surface area contributed by atoms with Crippen molar-refractivity contribution in [2.75, 3.05) is 11.9 Å². The van der Waals surface area contributed by atoms with Crippen LogP contribution < -0.4 is 10.6 Å². The van der Waals surface area contributed by atoms with Gasteiger partial charge in [0.15, 0.2) is 0 Å². The number of benzene rings is 1. The van der Waals surface area contributed by atoms with E-state index in [9.17, 15) is 9.59 Å². The van der Waals surface area contributed by atoms with Crippen molar-refractivity contribution in [2.45, 2.75) is 25.7 Å². The lowest BCUT2D eigenvalue weighted by molar-refractivity contribution is -0.137. The molecule has 0 aliphatic heterocycles. The van der Waals surface area contributed by atoms with Gasteiger partial charge in [0, 0.05) is 17.4 Å². The molecule has 0 aromatic heterocycles. The van der Waals surface area contributed by atoms with Crippen LogP contribution in [0.2, 0.25) is 0 Å². The van der Waals surface area contributed by atoms with Gasteiger partial charge in [-0.3, -0.25) is 4.79 Å². The first kappa shape index (κ1) is 17.0. The number of halogens is 1. The van der Waals surface area contributed by atoms with E-state index >= 15 is 0 Å². The maximum atomic E-state index is 11.7. The molecule has 2 amide bonds. The van der Waals surface area contributed by atoms with Gasteiger partial charge >= 0.3 is 12.0 Å². The second kappa shape index (κ2) is 8.97. The summed E-state index contributed by atoms with van der Waals surface area (Å²) in [6.45, 7) is 0.462. The fourth-order valence-electron chi connectivity index (χ4n) is 1.66. The fraction of sp³-hybridized carbons (Fsp3) is 0.357. The van der Waals surface area contributed by atoms with Crippen LogP contribution in [0.3, 0.4) is 0 Å². The van der Waals surface area contributed by atoms with E-state index in [-0.39, 0.29) is 12.5 Å². The van der Waals surface area contributed by atoms with E-state index in [2.05, 4.69) is 26.6 Å². The monoisotopic (exact) mass is 353 g/mol. The Labute approximate surface area is 131 Å². The SMILES string of the molecule is N#Cc1cc(Br)ccc1NC(=O)NCCCCCC(=O)O. The largest absolute Gasteiger partial charge is 0.481 e. The van der Waals surface area contributed by atoms with E-state index in [0.29, 0.717) is 30.6 Å². The summed E-state index contributed by atoms with van der Waals surface area (Å²) in [5.41, 5.74) is 0.824. The molecular formula is C14H16BrN3O3. The van der Waals surface area contributed by atoms with Crippen molar-refractivity contribution < 1.29 is 14.7 Å². The number of aliphatic carboxylic acids is 1. The van der Waals surface area contributed by atoms with Crippen molar-refractivity contribution in [3.8, 4) is 6.07 Å². The molecule has 0 spiro atoms. The number of anilines is 1. The number of hydrogen-bond donors (Lipinski definition) is 3. The van der Waals surface area contributed by atoms with Gasteiger partial charge in [0.25, 0.3) is 0 Å². The molecule has 6 nitrogen and oxygen atoms in total. The third-order valence-electron chi connectivity index (χ3n) is 2.70. The Hall–Kier alpha value is -2.07. The van der Waals surface area contributed by atoms with Crippen LogP contribution in [0.1, 0.15) is 31.2 Å². The molecule has 0 aliphatic rings. The van der Waals surface area contributed by atoms with Gasteiger partial charge in [0.05, 0.1) is 11.3 Å². The van der Waals surface area contributed by atoms with Crippen molar-refractivity contribution in [2.24, 2.45) is 0 Å². The first-order valence-electron chi connectivity index (χ1n) is 6.49. The first-order valence-corrected chi connectivity index (χ1v) is 7.28. The standard InChI is InChI=1S/C14H16BrN3O3/c15-11-5-6-12(10(8-11)9-16)18-14(21)17-7-3-1-2-4-13(19)20/h5-6,8H,1-4,7H2,(H,19,20)(H2,17,18,21). The number of nitrogens with one attached hydrogen (secondary N) is 2. The van der Waals surface area contributed by atoms with Crippen LogP contribution in [0.15, 0.2) is 22.7 Å². The lowest BCUT2D eigenvalue weighted by Crippen LogP contribution is -2.29. The van der Waals surface area contributed by atoms with Gasteiger partial charge in [0.2, 0.25) is 0 Å². The fourth-order valence-corrected chi connectivity index (χ4v) is 2.03. The van der Waals surface area contributed by atoms with E-state index in [1.165, 1.54) is 0 Å². The molecule has 1 aromatic rings. The summed E-state index contributed by atoms with van der Waals surface area (Å²) in [4.78, 5) is 22.0. The van der Waals surface area contributed by atoms with E-state index < -0.39 is 5.97 Å². The van der Waals surface area contributed by atoms with E-state index in [1.54, 1.807) is 18.2 Å². The third-order valence-corrected chi connectivity index (χ3v) is 3.20. The van der Waals surface area contributed by atoms with Crippen molar-refractivity contribution in [3.63, 3.8) is 0 Å². The highest BCUT2D eigenvalue weighted by Crippen LogP contribution is 2.20. The minimum absolute atomic E-state index is 0.149. The Kier molecular flexibility index (Phi) is 7.26. The zero-order valence-corrected chi connectivity index (χ0v) is 12.9. The van der Waals surface area contributed by atoms with Crippen LogP contribution in [0, 0.1) is 11.3 Å². The predicted molar refractivity (Wildman–Crippen MR) is 82.0 cm³/mol. The molecule has 0 bridgehead atoms. The van der Waals surface area contributed by atoms with Gasteiger partial charge in [0.1, 0.15) is 6.07 Å². The molecule has 0 unspecified atom stereocenters. The molecular weight excluding hydrogens is 338 g/mol. The summed E-state index contributed by atoms with van der Waals surface area (Å²) in [7, 11) is 0. The molecule has 3 N–H and O–H groups in total. The van der Waals surface area contributed by atoms with Crippen molar-refractivity contribution in [1.82, 2.24) is 5.32 Å². The summed E-state index contributed by atoms with van der Waals surface area (Å²) in [6, 6.07) is 6.64. The lowest BCUT2D eigenvalue weighted by atomic mass is 10.2. The summed E-state index contributed by atoms with van der Waals surface area (Å²) >= 11 is 3.26. The van der Waals surface area contributed by atoms with Gasteiger partial charge in [-0.2, -0.15) is 5.26 Å². The molecule has 7 heteroatoms. The van der Waals surface area contributed by atoms with E-state index in [1.807, 2.05) is 6.07 Å². The Balaban J connectivity index is 2.31. The summed E-state index contributed by atoms with van der Waals surface area (Å²) in [5.74, 6) is -0.806. The topological polar surface area (TPSA) is 102 Å². The quantitative estimate of drug-likeness (QED) is 0.655. The van der Waals surface area contributed by atoms with Gasteiger partial charge in [-0.15, -0.1) is 0 Å². The number of rotatable bonds is 7. The molecule has 0 heterocycles. The summed E-state index contributed by atoms with van der Waals surface area (Å²) < 4.78 is 0.767. The summed E-state index contributed by atoms with van der Waals surface area (Å²) in [6.07, 6.45) is 2.21. The number of hydrogen-bond acceptors (Lipinski definition) is 3. The minimum atomic E-state index is -0.806. The number of unbranched alkanes of at least 4 members (excludes halogenated alkanes) is 2. The molecule has 0 atom stereocenters. The second-order valence-electron chi connectivity index (χ2n) is 4.39. The van der Waals surface area contributed by atoms with Crippen LogP contribution in [-0.2, 0) is 4.79 Å². The third kappa shape index (κ3) is 6.77. The van der Waals surface area contributed by atoms with Gasteiger partial charge in [-0.05, 0) is 31.0 Å². The number of carbonyl (C=O) groups excluding carboxylic acids is 1. The van der Waals surface area contributed by atoms with Gasteiger partial charge in [-0.1, -0.05) is 22.4 Å². The number of carboxylic acids is 1. The maximum Gasteiger partial charge on any atom is 0.319 e. The molecule has 21 heavy (non-hydrogen) atoms. The van der Waals surface area contributed by atoms with Crippen LogP contribution in [0.5, 0.6) is 0 Å². The van der Waals surface area contributed by atoms with Gasteiger partial charge < -0.3 is 15.7 Å². The highest BCUT2D eigenvalue weighted by atomic mass is 79.9. The number of nitrogens with zero attached hydrogens (tertiary/aromatic N) is 1. The van der Waals surface area contributed by atoms with Crippen molar-refractivity contribution in [3.05, 3.63) is 28.2 Å².